The average molecular weight is 351 g/mol. The monoisotopic (exact) mass is 351 g/mol. The summed E-state index contributed by atoms with van der Waals surface area (Å²) in [5.74, 6) is 0.0568. The Morgan fingerprint density at radius 2 is 1.68 bits per heavy atom. The Hall–Kier alpha value is -2.43. The summed E-state index contributed by atoms with van der Waals surface area (Å²) in [6.07, 6.45) is 0. The van der Waals surface area contributed by atoms with Gasteiger partial charge in [-0.1, -0.05) is 66.7 Å². The van der Waals surface area contributed by atoms with Crippen molar-refractivity contribution in [3.8, 4) is 0 Å². The fraction of sp³-hybridized carbons (Fsp3) is 0.190. The van der Waals surface area contributed by atoms with Gasteiger partial charge in [0.15, 0.2) is 6.04 Å². The summed E-state index contributed by atoms with van der Waals surface area (Å²) in [6.45, 7) is 2.52. The molecule has 1 aromatic heterocycles. The van der Waals surface area contributed by atoms with E-state index in [1.807, 2.05) is 55.5 Å². The number of quaternary nitrogens is 1. The normalized spacial score (nSPS) is 13.2. The molecule has 0 bridgehead atoms. The maximum absolute atomic E-state index is 12.5. The van der Waals surface area contributed by atoms with Gasteiger partial charge in [0.05, 0.1) is 4.88 Å². The number of benzene rings is 2. The fourth-order valence-corrected chi connectivity index (χ4v) is 3.65. The second-order valence-corrected chi connectivity index (χ2v) is 7.07. The molecule has 0 aliphatic carbocycles. The van der Waals surface area contributed by atoms with E-state index in [4.69, 9.17) is 0 Å². The highest BCUT2D eigenvalue weighted by atomic mass is 32.1. The van der Waals surface area contributed by atoms with E-state index in [1.165, 1.54) is 10.4 Å². The Labute approximate surface area is 152 Å². The summed E-state index contributed by atoms with van der Waals surface area (Å²) in [5, 5.41) is 7.26. The second kappa shape index (κ2) is 8.60. The van der Waals surface area contributed by atoms with Crippen LogP contribution >= 0.6 is 11.3 Å². The topological polar surface area (TPSA) is 45.7 Å². The molecule has 0 saturated carbocycles. The first-order valence-electron chi connectivity index (χ1n) is 8.49. The maximum Gasteiger partial charge on any atom is 0.278 e. The Morgan fingerprint density at radius 1 is 1.00 bits per heavy atom. The number of hydrogen-bond donors (Lipinski definition) is 2. The molecule has 0 spiro atoms. The first kappa shape index (κ1) is 17.4. The van der Waals surface area contributed by atoms with Crippen molar-refractivity contribution in [1.29, 1.82) is 0 Å². The second-order valence-electron chi connectivity index (χ2n) is 6.09. The van der Waals surface area contributed by atoms with Gasteiger partial charge in [-0.3, -0.25) is 4.79 Å². The third kappa shape index (κ3) is 4.78. The number of amides is 1. The van der Waals surface area contributed by atoms with Gasteiger partial charge >= 0.3 is 0 Å². The van der Waals surface area contributed by atoms with Crippen LogP contribution in [0.5, 0.6) is 0 Å². The lowest BCUT2D eigenvalue weighted by Crippen LogP contribution is -2.92. The molecule has 3 aromatic rings. The van der Waals surface area contributed by atoms with Crippen molar-refractivity contribution in [2.45, 2.75) is 25.6 Å². The van der Waals surface area contributed by atoms with Gasteiger partial charge in [0, 0.05) is 12.1 Å². The number of hydrogen-bond acceptors (Lipinski definition) is 2. The molecule has 3 nitrogen and oxygen atoms in total. The molecular weight excluding hydrogens is 328 g/mol. The lowest BCUT2D eigenvalue weighted by atomic mass is 10.0. The van der Waals surface area contributed by atoms with Gasteiger partial charge in [-0.05, 0) is 23.9 Å². The van der Waals surface area contributed by atoms with E-state index in [1.54, 1.807) is 11.3 Å². The maximum atomic E-state index is 12.5. The quantitative estimate of drug-likeness (QED) is 0.675. The molecular formula is C21H23N2OS+. The SMILES string of the molecule is C[C@H]([NH2+][C@@H](c1ccccc1)c1cccs1)C(=O)NCc1ccccc1. The first-order chi connectivity index (χ1) is 12.2. The summed E-state index contributed by atoms with van der Waals surface area (Å²) in [4.78, 5) is 13.8. The molecule has 0 saturated heterocycles. The molecule has 0 radical (unpaired) electrons. The van der Waals surface area contributed by atoms with E-state index in [9.17, 15) is 4.79 Å². The predicted octanol–water partition coefficient (Wildman–Crippen LogP) is 3.11. The van der Waals surface area contributed by atoms with Crippen LogP contribution in [-0.2, 0) is 11.3 Å². The van der Waals surface area contributed by atoms with Crippen LogP contribution in [0.1, 0.15) is 29.0 Å². The zero-order valence-corrected chi connectivity index (χ0v) is 15.1. The van der Waals surface area contributed by atoms with Crippen molar-refractivity contribution in [2.24, 2.45) is 0 Å². The van der Waals surface area contributed by atoms with Crippen molar-refractivity contribution in [2.75, 3.05) is 0 Å². The molecule has 2 aromatic carbocycles. The molecule has 2 atom stereocenters. The molecule has 25 heavy (non-hydrogen) atoms. The van der Waals surface area contributed by atoms with Gasteiger partial charge in [-0.25, -0.2) is 0 Å². The Balaban J connectivity index is 1.66. The van der Waals surface area contributed by atoms with E-state index >= 15 is 0 Å². The summed E-state index contributed by atoms with van der Waals surface area (Å²) in [7, 11) is 0. The van der Waals surface area contributed by atoms with Gasteiger partial charge in [-0.2, -0.15) is 0 Å². The van der Waals surface area contributed by atoms with Crippen LogP contribution in [0.25, 0.3) is 0 Å². The molecule has 128 valence electrons. The van der Waals surface area contributed by atoms with E-state index in [0.29, 0.717) is 6.54 Å². The zero-order valence-electron chi connectivity index (χ0n) is 14.3. The smallest absolute Gasteiger partial charge is 0.278 e. The molecule has 0 aliphatic rings. The predicted molar refractivity (Wildman–Crippen MR) is 102 cm³/mol. The molecule has 4 heteroatoms. The van der Waals surface area contributed by atoms with Crippen LogP contribution in [0, 0.1) is 0 Å². The standard InChI is InChI=1S/C21H22N2OS/c1-16(21(24)22-15-17-9-4-2-5-10-17)23-20(19-13-8-14-25-19)18-11-6-3-7-12-18/h2-14,16,20,23H,15H2,1H3,(H,22,24)/p+1/t16-,20-/m0/s1. The number of thiophene rings is 1. The van der Waals surface area contributed by atoms with Gasteiger partial charge < -0.3 is 10.6 Å². The van der Waals surface area contributed by atoms with Crippen LogP contribution in [0.3, 0.4) is 0 Å². The van der Waals surface area contributed by atoms with Crippen LogP contribution in [0.15, 0.2) is 78.2 Å². The highest BCUT2D eigenvalue weighted by Gasteiger charge is 2.25. The van der Waals surface area contributed by atoms with Crippen molar-refractivity contribution >= 4 is 17.2 Å². The van der Waals surface area contributed by atoms with Gasteiger partial charge in [0.25, 0.3) is 5.91 Å². The molecule has 0 unspecified atom stereocenters. The summed E-state index contributed by atoms with van der Waals surface area (Å²) >= 11 is 1.73. The largest absolute Gasteiger partial charge is 0.347 e. The van der Waals surface area contributed by atoms with Gasteiger partial charge in [0.1, 0.15) is 6.04 Å². The lowest BCUT2D eigenvalue weighted by molar-refractivity contribution is -0.704. The highest BCUT2D eigenvalue weighted by molar-refractivity contribution is 7.10. The van der Waals surface area contributed by atoms with Crippen LogP contribution < -0.4 is 10.6 Å². The Bertz CT molecular complexity index is 772. The molecule has 3 N–H and O–H groups in total. The minimum absolute atomic E-state index is 0.0568. The van der Waals surface area contributed by atoms with Crippen LogP contribution in [0.4, 0.5) is 0 Å². The number of carbonyl (C=O) groups excluding carboxylic acids is 1. The van der Waals surface area contributed by atoms with Gasteiger partial charge in [-0.15, -0.1) is 11.3 Å². The number of rotatable bonds is 7. The number of nitrogens with two attached hydrogens (primary N) is 1. The summed E-state index contributed by atoms with van der Waals surface area (Å²) < 4.78 is 0. The minimum atomic E-state index is -0.170. The highest BCUT2D eigenvalue weighted by Crippen LogP contribution is 2.22. The third-order valence-electron chi connectivity index (χ3n) is 4.21. The molecule has 3 rings (SSSR count). The van der Waals surface area contributed by atoms with Crippen molar-refractivity contribution in [3.05, 3.63) is 94.2 Å². The van der Waals surface area contributed by atoms with Crippen molar-refractivity contribution in [1.82, 2.24) is 5.32 Å². The van der Waals surface area contributed by atoms with Crippen LogP contribution in [-0.4, -0.2) is 11.9 Å². The van der Waals surface area contributed by atoms with Crippen molar-refractivity contribution in [3.63, 3.8) is 0 Å². The Kier molecular flexibility index (Phi) is 5.99. The van der Waals surface area contributed by atoms with E-state index in [2.05, 4.69) is 40.3 Å². The zero-order chi connectivity index (χ0) is 17.5. The molecule has 0 fully saturated rings. The number of nitrogens with one attached hydrogen (secondary N) is 1. The van der Waals surface area contributed by atoms with Crippen molar-refractivity contribution < 1.29 is 10.1 Å². The Morgan fingerprint density at radius 3 is 2.32 bits per heavy atom. The lowest BCUT2D eigenvalue weighted by Gasteiger charge is -2.19. The van der Waals surface area contributed by atoms with Gasteiger partial charge in [0.2, 0.25) is 0 Å². The fourth-order valence-electron chi connectivity index (χ4n) is 2.82. The number of carbonyl (C=O) groups is 1. The van der Waals surface area contributed by atoms with E-state index in [-0.39, 0.29) is 18.0 Å². The molecule has 0 aliphatic heterocycles. The van der Waals surface area contributed by atoms with E-state index < -0.39 is 0 Å². The van der Waals surface area contributed by atoms with Crippen LogP contribution in [0.2, 0.25) is 0 Å². The summed E-state index contributed by atoms with van der Waals surface area (Å²) in [5.41, 5.74) is 2.33. The molecule has 1 heterocycles. The minimum Gasteiger partial charge on any atom is -0.347 e. The first-order valence-corrected chi connectivity index (χ1v) is 9.37. The average Bonchev–Trinajstić information content (AvgIpc) is 3.20. The molecule has 1 amide bonds. The third-order valence-corrected chi connectivity index (χ3v) is 5.17. The summed E-state index contributed by atoms with van der Waals surface area (Å²) in [6, 6.07) is 24.5. The van der Waals surface area contributed by atoms with E-state index in [0.717, 1.165) is 5.56 Å².